The molecule has 3 rings (SSSR count). The highest BCUT2D eigenvalue weighted by Gasteiger charge is 2.29. The van der Waals surface area contributed by atoms with E-state index < -0.39 is 5.54 Å². The normalized spacial score (nSPS) is 20.3. The van der Waals surface area contributed by atoms with Gasteiger partial charge in [0.05, 0.1) is 18.3 Å². The van der Waals surface area contributed by atoms with E-state index in [4.69, 9.17) is 10.3 Å². The van der Waals surface area contributed by atoms with Crippen LogP contribution in [0.1, 0.15) is 50.0 Å². The molecule has 1 unspecified atom stereocenters. The summed E-state index contributed by atoms with van der Waals surface area (Å²) in [6, 6.07) is 0.375. The largest absolute Gasteiger partial charge is 0.338 e. The number of aromatic nitrogens is 4. The standard InChI is InChI=1S/C14H22N6O/c1-14(2,15)13-17-12(21-18-13)9-20-6-4-5-11(20)10-7-16-19(3)8-10/h7-8,11H,4-6,9,15H2,1-3H3. The van der Waals surface area contributed by atoms with Crippen molar-refractivity contribution in [3.8, 4) is 0 Å². The fourth-order valence-electron chi connectivity index (χ4n) is 2.76. The van der Waals surface area contributed by atoms with Crippen molar-refractivity contribution >= 4 is 0 Å². The van der Waals surface area contributed by atoms with Gasteiger partial charge in [-0.2, -0.15) is 10.1 Å². The molecular formula is C14H22N6O. The Morgan fingerprint density at radius 1 is 1.48 bits per heavy atom. The van der Waals surface area contributed by atoms with Crippen molar-refractivity contribution in [1.82, 2.24) is 24.8 Å². The van der Waals surface area contributed by atoms with Gasteiger partial charge in [-0.25, -0.2) is 0 Å². The number of aryl methyl sites for hydroxylation is 1. The number of nitrogens with two attached hydrogens (primary N) is 1. The second kappa shape index (κ2) is 5.23. The summed E-state index contributed by atoms with van der Waals surface area (Å²) in [5.74, 6) is 1.17. The fraction of sp³-hybridized carbons (Fsp3) is 0.643. The zero-order chi connectivity index (χ0) is 15.0. The van der Waals surface area contributed by atoms with Crippen LogP contribution in [-0.2, 0) is 19.1 Å². The van der Waals surface area contributed by atoms with Gasteiger partial charge in [-0.1, -0.05) is 5.16 Å². The van der Waals surface area contributed by atoms with Gasteiger partial charge in [0, 0.05) is 24.8 Å². The first-order chi connectivity index (χ1) is 9.93. The Bertz CT molecular complexity index is 611. The Hall–Kier alpha value is -1.73. The van der Waals surface area contributed by atoms with Crippen LogP contribution in [0, 0.1) is 0 Å². The molecule has 0 saturated carbocycles. The Morgan fingerprint density at radius 2 is 2.29 bits per heavy atom. The fourth-order valence-corrected chi connectivity index (χ4v) is 2.76. The van der Waals surface area contributed by atoms with E-state index in [0.29, 0.717) is 24.3 Å². The van der Waals surface area contributed by atoms with Crippen molar-refractivity contribution in [3.63, 3.8) is 0 Å². The second-order valence-electron chi connectivity index (χ2n) is 6.31. The number of hydrogen-bond donors (Lipinski definition) is 1. The SMILES string of the molecule is Cn1cc(C2CCCN2Cc2nc(C(C)(C)N)no2)cn1. The summed E-state index contributed by atoms with van der Waals surface area (Å²) in [5.41, 5.74) is 6.66. The summed E-state index contributed by atoms with van der Waals surface area (Å²) in [6.07, 6.45) is 6.31. The van der Waals surface area contributed by atoms with Gasteiger partial charge < -0.3 is 10.3 Å². The maximum atomic E-state index is 5.99. The van der Waals surface area contributed by atoms with E-state index in [0.717, 1.165) is 13.0 Å². The molecule has 1 aliphatic heterocycles. The Labute approximate surface area is 124 Å². The van der Waals surface area contributed by atoms with Crippen molar-refractivity contribution < 1.29 is 4.52 Å². The molecule has 7 heteroatoms. The monoisotopic (exact) mass is 290 g/mol. The molecule has 0 aromatic carbocycles. The van der Waals surface area contributed by atoms with E-state index in [1.807, 2.05) is 31.8 Å². The summed E-state index contributed by atoms with van der Waals surface area (Å²) in [5, 5.41) is 8.24. The lowest BCUT2D eigenvalue weighted by molar-refractivity contribution is 0.212. The number of hydrogen-bond acceptors (Lipinski definition) is 6. The van der Waals surface area contributed by atoms with Crippen LogP contribution >= 0.6 is 0 Å². The molecular weight excluding hydrogens is 268 g/mol. The highest BCUT2D eigenvalue weighted by Crippen LogP contribution is 2.32. The second-order valence-corrected chi connectivity index (χ2v) is 6.31. The molecule has 7 nitrogen and oxygen atoms in total. The van der Waals surface area contributed by atoms with Gasteiger partial charge in [0.2, 0.25) is 5.89 Å². The van der Waals surface area contributed by atoms with Crippen molar-refractivity contribution in [2.75, 3.05) is 6.54 Å². The average Bonchev–Trinajstić information content (AvgIpc) is 3.08. The lowest BCUT2D eigenvalue weighted by Crippen LogP contribution is -2.30. The van der Waals surface area contributed by atoms with Crippen LogP contribution in [-0.4, -0.2) is 31.4 Å². The van der Waals surface area contributed by atoms with Crippen LogP contribution in [0.3, 0.4) is 0 Å². The number of rotatable bonds is 4. The van der Waals surface area contributed by atoms with Gasteiger partial charge >= 0.3 is 0 Å². The molecule has 1 saturated heterocycles. The molecule has 1 aliphatic rings. The highest BCUT2D eigenvalue weighted by molar-refractivity contribution is 5.12. The first-order valence-electron chi connectivity index (χ1n) is 7.28. The zero-order valence-corrected chi connectivity index (χ0v) is 12.8. The summed E-state index contributed by atoms with van der Waals surface area (Å²) < 4.78 is 7.18. The number of likely N-dealkylation sites (tertiary alicyclic amines) is 1. The van der Waals surface area contributed by atoms with Crippen LogP contribution in [0.15, 0.2) is 16.9 Å². The predicted octanol–water partition coefficient (Wildman–Crippen LogP) is 1.33. The topological polar surface area (TPSA) is 86.0 Å². The van der Waals surface area contributed by atoms with Crippen LogP contribution in [0.5, 0.6) is 0 Å². The molecule has 114 valence electrons. The van der Waals surface area contributed by atoms with Gasteiger partial charge in [0.15, 0.2) is 5.82 Å². The molecule has 1 fully saturated rings. The quantitative estimate of drug-likeness (QED) is 0.914. The molecule has 0 amide bonds. The van der Waals surface area contributed by atoms with Crippen LogP contribution < -0.4 is 5.73 Å². The molecule has 0 aliphatic carbocycles. The van der Waals surface area contributed by atoms with Crippen molar-refractivity contribution in [1.29, 1.82) is 0 Å². The van der Waals surface area contributed by atoms with Gasteiger partial charge in [0.25, 0.3) is 0 Å². The lowest BCUT2D eigenvalue weighted by Gasteiger charge is -2.21. The van der Waals surface area contributed by atoms with Gasteiger partial charge in [-0.05, 0) is 33.2 Å². The molecule has 21 heavy (non-hydrogen) atoms. The minimum Gasteiger partial charge on any atom is -0.338 e. The van der Waals surface area contributed by atoms with E-state index in [1.54, 1.807) is 0 Å². The Morgan fingerprint density at radius 3 is 2.90 bits per heavy atom. The van der Waals surface area contributed by atoms with Crippen LogP contribution in [0.4, 0.5) is 0 Å². The Balaban J connectivity index is 1.73. The van der Waals surface area contributed by atoms with E-state index in [9.17, 15) is 0 Å². The molecule has 0 spiro atoms. The zero-order valence-electron chi connectivity index (χ0n) is 12.8. The molecule has 2 aromatic heterocycles. The number of nitrogens with zero attached hydrogens (tertiary/aromatic N) is 5. The Kier molecular flexibility index (Phi) is 3.54. The van der Waals surface area contributed by atoms with E-state index in [-0.39, 0.29) is 0 Å². The third-order valence-corrected chi connectivity index (χ3v) is 3.86. The summed E-state index contributed by atoms with van der Waals surface area (Å²) in [6.45, 7) is 5.43. The molecule has 1 atom stereocenters. The maximum absolute atomic E-state index is 5.99. The van der Waals surface area contributed by atoms with E-state index >= 15 is 0 Å². The average molecular weight is 290 g/mol. The minimum absolute atomic E-state index is 0.375. The molecule has 2 N–H and O–H groups in total. The third kappa shape index (κ3) is 2.98. The van der Waals surface area contributed by atoms with E-state index in [2.05, 4.69) is 26.3 Å². The minimum atomic E-state index is -0.574. The van der Waals surface area contributed by atoms with Crippen LogP contribution in [0.25, 0.3) is 0 Å². The lowest BCUT2D eigenvalue weighted by atomic mass is 10.1. The smallest absolute Gasteiger partial charge is 0.240 e. The third-order valence-electron chi connectivity index (χ3n) is 3.86. The molecule has 0 bridgehead atoms. The van der Waals surface area contributed by atoms with Crippen molar-refractivity contribution in [2.45, 2.75) is 44.8 Å². The first kappa shape index (κ1) is 14.2. The van der Waals surface area contributed by atoms with E-state index in [1.165, 1.54) is 12.0 Å². The molecule has 3 heterocycles. The van der Waals surface area contributed by atoms with Crippen LogP contribution in [0.2, 0.25) is 0 Å². The molecule has 0 radical (unpaired) electrons. The summed E-state index contributed by atoms with van der Waals surface area (Å²) in [4.78, 5) is 6.77. The van der Waals surface area contributed by atoms with Gasteiger partial charge in [0.1, 0.15) is 0 Å². The van der Waals surface area contributed by atoms with Gasteiger partial charge in [-0.15, -0.1) is 0 Å². The van der Waals surface area contributed by atoms with Gasteiger partial charge in [-0.3, -0.25) is 9.58 Å². The molecule has 2 aromatic rings. The van der Waals surface area contributed by atoms with Crippen molar-refractivity contribution in [2.24, 2.45) is 12.8 Å². The summed E-state index contributed by atoms with van der Waals surface area (Å²) in [7, 11) is 1.94. The highest BCUT2D eigenvalue weighted by atomic mass is 16.5. The summed E-state index contributed by atoms with van der Waals surface area (Å²) >= 11 is 0. The first-order valence-corrected chi connectivity index (χ1v) is 7.28. The predicted molar refractivity (Wildman–Crippen MR) is 77.1 cm³/mol. The maximum Gasteiger partial charge on any atom is 0.240 e. The van der Waals surface area contributed by atoms with Crippen molar-refractivity contribution in [3.05, 3.63) is 29.7 Å².